The number of aliphatic carboxylic acids is 1. The lowest BCUT2D eigenvalue weighted by Crippen LogP contribution is -2.87. The maximum Gasteiger partial charge on any atom is 0.340 e. The van der Waals surface area contributed by atoms with Crippen LogP contribution in [-0.4, -0.2) is 91.2 Å². The summed E-state index contributed by atoms with van der Waals surface area (Å²) in [7, 11) is 1.40. The maximum atomic E-state index is 13.2. The molecule has 14 heteroatoms. The monoisotopic (exact) mass is 634 g/mol. The van der Waals surface area contributed by atoms with Crippen LogP contribution >= 0.6 is 0 Å². The van der Waals surface area contributed by atoms with E-state index in [2.05, 4.69) is 10.6 Å². The summed E-state index contributed by atoms with van der Waals surface area (Å²) in [5.74, 6) is -4.21. The minimum atomic E-state index is -2.62. The van der Waals surface area contributed by atoms with Crippen molar-refractivity contribution in [3.63, 3.8) is 0 Å². The molecule has 2 fully saturated rings. The Morgan fingerprint density at radius 2 is 1.78 bits per heavy atom. The molecule has 6 unspecified atom stereocenters. The van der Waals surface area contributed by atoms with Crippen molar-refractivity contribution in [1.29, 1.82) is 0 Å². The van der Waals surface area contributed by atoms with Crippen molar-refractivity contribution in [2.45, 2.75) is 35.9 Å². The fourth-order valence-electron chi connectivity index (χ4n) is 5.91. The Balaban J connectivity index is 1.42. The average Bonchev–Trinajstić information content (AvgIpc) is 3.03. The van der Waals surface area contributed by atoms with Gasteiger partial charge in [-0.15, -0.1) is 0 Å². The summed E-state index contributed by atoms with van der Waals surface area (Å²) < 4.78 is 17.2. The van der Waals surface area contributed by atoms with E-state index in [9.17, 15) is 45.3 Å². The molecular formula is C32H30N2O12. The molecule has 46 heavy (non-hydrogen) atoms. The maximum absolute atomic E-state index is 13.2. The number of aromatic hydroxyl groups is 3. The van der Waals surface area contributed by atoms with E-state index in [4.69, 9.17) is 13.9 Å². The first kappa shape index (κ1) is 31.0. The highest BCUT2D eigenvalue weighted by Crippen LogP contribution is 2.46. The number of aliphatic hydroxyl groups is 3. The molecule has 0 saturated carbocycles. The van der Waals surface area contributed by atoms with Crippen LogP contribution in [0.3, 0.4) is 0 Å². The summed E-state index contributed by atoms with van der Waals surface area (Å²) in [5.41, 5.74) is -4.42. The Morgan fingerprint density at radius 3 is 2.48 bits per heavy atom. The molecule has 2 saturated heterocycles. The second-order valence-corrected chi connectivity index (χ2v) is 11.0. The lowest BCUT2D eigenvalue weighted by molar-refractivity contribution is -0.362. The van der Waals surface area contributed by atoms with E-state index in [0.29, 0.717) is 11.1 Å². The van der Waals surface area contributed by atoms with Gasteiger partial charge in [0.25, 0.3) is 0 Å². The second kappa shape index (κ2) is 11.4. The molecule has 2 aliphatic rings. The number of aliphatic hydroxyl groups excluding tert-OH is 2. The van der Waals surface area contributed by atoms with Gasteiger partial charge in [0.1, 0.15) is 28.6 Å². The molecule has 0 spiro atoms. The number of likely N-dealkylation sites (N-methyl/N-ethyl adjacent to an activating group) is 1. The van der Waals surface area contributed by atoms with Gasteiger partial charge in [0.15, 0.2) is 28.8 Å². The van der Waals surface area contributed by atoms with E-state index >= 15 is 0 Å². The van der Waals surface area contributed by atoms with E-state index in [-0.39, 0.29) is 23.6 Å². The molecule has 6 rings (SSSR count). The number of piperidine rings is 1. The minimum Gasteiger partial charge on any atom is -0.508 e. The Morgan fingerprint density at radius 1 is 1.04 bits per heavy atom. The molecule has 3 heterocycles. The Bertz CT molecular complexity index is 1910. The van der Waals surface area contributed by atoms with Crippen LogP contribution in [0.25, 0.3) is 34.4 Å². The molecule has 9 N–H and O–H groups in total. The normalized spacial score (nSPS) is 27.6. The first-order valence-electron chi connectivity index (χ1n) is 14.1. The third-order valence-electron chi connectivity index (χ3n) is 8.36. The number of hydrogen-bond donors (Lipinski definition) is 9. The van der Waals surface area contributed by atoms with Gasteiger partial charge < -0.3 is 55.0 Å². The number of carboxylic acids is 1. The molecular weight excluding hydrogens is 604 g/mol. The molecule has 4 aromatic rings. The zero-order valence-electron chi connectivity index (χ0n) is 24.1. The largest absolute Gasteiger partial charge is 0.508 e. The lowest BCUT2D eigenvalue weighted by Gasteiger charge is -2.57. The van der Waals surface area contributed by atoms with Gasteiger partial charge in [-0.1, -0.05) is 42.5 Å². The number of rotatable bonds is 7. The lowest BCUT2D eigenvalue weighted by atomic mass is 9.74. The zero-order chi connectivity index (χ0) is 33.0. The van der Waals surface area contributed by atoms with Crippen molar-refractivity contribution in [1.82, 2.24) is 10.6 Å². The standard InChI is InChI=1S/C32H30N2O12/c1-33-23-14-34-32(43)27(39)28(46-31(23,29(32)40)30(41)42)45-22-13-21-24(26(38)25(22)37)19(36)12-20(44-21)18-10-9-17(35)11-16(18)8-7-15-5-3-2-4-6-15/h2-13,23,27-29,33-35,37-40,43H,14H2,1H3,(H,41,42). The van der Waals surface area contributed by atoms with Crippen LogP contribution in [0.15, 0.2) is 69.9 Å². The molecule has 3 aromatic carbocycles. The molecule has 2 aliphatic heterocycles. The van der Waals surface area contributed by atoms with Crippen LogP contribution in [0.2, 0.25) is 0 Å². The average molecular weight is 635 g/mol. The van der Waals surface area contributed by atoms with Crippen LogP contribution in [0, 0.1) is 0 Å². The zero-order valence-corrected chi connectivity index (χ0v) is 24.1. The van der Waals surface area contributed by atoms with Crippen molar-refractivity contribution in [2.75, 3.05) is 13.6 Å². The van der Waals surface area contributed by atoms with Gasteiger partial charge in [0.05, 0.1) is 6.04 Å². The first-order chi connectivity index (χ1) is 21.9. The fourth-order valence-corrected chi connectivity index (χ4v) is 5.91. The van der Waals surface area contributed by atoms with Crippen LogP contribution in [0.1, 0.15) is 11.1 Å². The SMILES string of the molecule is CNC1CNC2(O)C(O)C(Oc3cc4oc(-c5ccc(O)cc5C=Cc5ccccc5)cc(=O)c4c(O)c3O)OC1(C(=O)O)C2O. The predicted octanol–water partition coefficient (Wildman–Crippen LogP) is 0.907. The molecule has 6 atom stereocenters. The highest BCUT2D eigenvalue weighted by molar-refractivity contribution is 5.90. The molecule has 240 valence electrons. The number of ether oxygens (including phenoxy) is 2. The van der Waals surface area contributed by atoms with Crippen LogP contribution in [0.4, 0.5) is 0 Å². The molecule has 0 radical (unpaired) electrons. The number of benzene rings is 3. The fraction of sp³-hybridized carbons (Fsp3) is 0.250. The van der Waals surface area contributed by atoms with Gasteiger partial charge >= 0.3 is 5.97 Å². The van der Waals surface area contributed by atoms with Crippen molar-refractivity contribution in [2.24, 2.45) is 0 Å². The molecule has 2 bridgehead atoms. The van der Waals surface area contributed by atoms with Gasteiger partial charge in [-0.3, -0.25) is 10.1 Å². The number of carboxylic acid groups (broad SMARTS) is 1. The summed E-state index contributed by atoms with van der Waals surface area (Å²) in [5, 5.41) is 79.5. The number of phenolic OH excluding ortho intramolecular Hbond substituents is 3. The van der Waals surface area contributed by atoms with Gasteiger partial charge in [-0.25, -0.2) is 4.79 Å². The smallest absolute Gasteiger partial charge is 0.340 e. The molecule has 1 aromatic heterocycles. The highest BCUT2D eigenvalue weighted by Gasteiger charge is 2.71. The predicted molar refractivity (Wildman–Crippen MR) is 162 cm³/mol. The first-order valence-corrected chi connectivity index (χ1v) is 14.1. The van der Waals surface area contributed by atoms with Gasteiger partial charge in [0, 0.05) is 24.2 Å². The van der Waals surface area contributed by atoms with Crippen molar-refractivity contribution in [3.8, 4) is 34.3 Å². The van der Waals surface area contributed by atoms with E-state index in [1.807, 2.05) is 30.3 Å². The third kappa shape index (κ3) is 4.84. The van der Waals surface area contributed by atoms with E-state index in [0.717, 1.165) is 17.7 Å². The van der Waals surface area contributed by atoms with Gasteiger partial charge in [-0.2, -0.15) is 0 Å². The summed E-state index contributed by atoms with van der Waals surface area (Å²) in [6.45, 7) is -0.226. The Labute approximate surface area is 260 Å². The van der Waals surface area contributed by atoms with Gasteiger partial charge in [-0.05, 0) is 36.4 Å². The second-order valence-electron chi connectivity index (χ2n) is 11.0. The topological polar surface area (TPSA) is 231 Å². The van der Waals surface area contributed by atoms with Crippen LogP contribution in [-0.2, 0) is 9.53 Å². The third-order valence-corrected chi connectivity index (χ3v) is 8.36. The van der Waals surface area contributed by atoms with Crippen molar-refractivity contribution in [3.05, 3.63) is 82.0 Å². The number of nitrogens with one attached hydrogen (secondary N) is 2. The number of fused-ring (bicyclic) bond motifs is 3. The summed E-state index contributed by atoms with van der Waals surface area (Å²) in [6, 6.07) is 14.7. The number of carbonyl (C=O) groups is 1. The summed E-state index contributed by atoms with van der Waals surface area (Å²) >= 11 is 0. The Hall–Kier alpha value is -4.96. The quantitative estimate of drug-likeness (QED) is 0.102. The summed E-state index contributed by atoms with van der Waals surface area (Å²) in [4.78, 5) is 25.6. The summed E-state index contributed by atoms with van der Waals surface area (Å²) in [6.07, 6.45) is -2.81. The van der Waals surface area contributed by atoms with E-state index in [1.54, 1.807) is 12.2 Å². The minimum absolute atomic E-state index is 0.0214. The van der Waals surface area contributed by atoms with Crippen molar-refractivity contribution >= 4 is 29.1 Å². The Kier molecular flexibility index (Phi) is 7.72. The molecule has 0 aliphatic carbocycles. The van der Waals surface area contributed by atoms with Crippen LogP contribution < -0.4 is 20.8 Å². The van der Waals surface area contributed by atoms with Gasteiger partial charge in [0.2, 0.25) is 17.6 Å². The molecule has 14 nitrogen and oxygen atoms in total. The van der Waals surface area contributed by atoms with E-state index < -0.39 is 69.9 Å². The molecule has 0 amide bonds. The van der Waals surface area contributed by atoms with E-state index in [1.165, 1.54) is 25.2 Å². The number of hydrogen-bond acceptors (Lipinski definition) is 13. The van der Waals surface area contributed by atoms with Crippen LogP contribution in [0.5, 0.6) is 23.0 Å². The van der Waals surface area contributed by atoms with Crippen molar-refractivity contribution < 1.29 is 54.4 Å². The number of phenols is 3. The highest BCUT2D eigenvalue weighted by atomic mass is 16.7.